The van der Waals surface area contributed by atoms with Crippen LogP contribution < -0.4 is 5.32 Å². The van der Waals surface area contributed by atoms with E-state index < -0.39 is 4.92 Å². The third-order valence-electron chi connectivity index (χ3n) is 6.22. The van der Waals surface area contributed by atoms with E-state index in [1.54, 1.807) is 0 Å². The van der Waals surface area contributed by atoms with Crippen LogP contribution in [0.1, 0.15) is 40.5 Å². The molecule has 148 valence electrons. The molecule has 0 aliphatic carbocycles. The average molecular weight is 390 g/mol. The van der Waals surface area contributed by atoms with Gasteiger partial charge >= 0.3 is 0 Å². The normalized spacial score (nSPS) is 21.4. The minimum atomic E-state index is -0.460. The second-order valence-electron chi connectivity index (χ2n) is 7.86. The van der Waals surface area contributed by atoms with E-state index >= 15 is 0 Å². The first-order chi connectivity index (χ1) is 14.1. The number of para-hydroxylation sites is 1. The lowest BCUT2D eigenvalue weighted by Crippen LogP contribution is -2.48. The predicted molar refractivity (Wildman–Crippen MR) is 110 cm³/mol. The number of aromatic nitrogens is 1. The number of H-pyrrole nitrogens is 1. The van der Waals surface area contributed by atoms with E-state index in [4.69, 9.17) is 0 Å². The highest BCUT2D eigenvalue weighted by atomic mass is 16.6. The summed E-state index contributed by atoms with van der Waals surface area (Å²) in [6.07, 6.45) is 2.82. The number of benzene rings is 2. The molecule has 0 saturated carbocycles. The van der Waals surface area contributed by atoms with Crippen LogP contribution in [0.15, 0.2) is 48.5 Å². The van der Waals surface area contributed by atoms with Crippen LogP contribution in [-0.2, 0) is 6.42 Å². The largest absolute Gasteiger partial charge is 0.357 e. The van der Waals surface area contributed by atoms with Crippen LogP contribution in [-0.4, -0.2) is 39.8 Å². The van der Waals surface area contributed by atoms with Gasteiger partial charge in [-0.2, -0.15) is 0 Å². The molecule has 2 aliphatic rings. The second-order valence-corrected chi connectivity index (χ2v) is 7.86. The molecule has 7 heteroatoms. The average Bonchev–Trinajstić information content (AvgIpc) is 3.13. The van der Waals surface area contributed by atoms with Crippen molar-refractivity contribution in [3.8, 4) is 0 Å². The number of rotatable bonds is 3. The van der Waals surface area contributed by atoms with E-state index in [-0.39, 0.29) is 23.7 Å². The van der Waals surface area contributed by atoms with Gasteiger partial charge < -0.3 is 10.3 Å². The molecule has 3 heterocycles. The number of hydrogen-bond donors (Lipinski definition) is 2. The lowest BCUT2D eigenvalue weighted by Gasteiger charge is -2.42. The number of piperidine rings is 1. The fourth-order valence-electron chi connectivity index (χ4n) is 4.75. The van der Waals surface area contributed by atoms with Gasteiger partial charge in [0.05, 0.1) is 11.0 Å². The van der Waals surface area contributed by atoms with Crippen molar-refractivity contribution in [2.24, 2.45) is 0 Å². The van der Waals surface area contributed by atoms with E-state index in [2.05, 4.69) is 39.5 Å². The van der Waals surface area contributed by atoms with Gasteiger partial charge in [-0.05, 0) is 43.0 Å². The van der Waals surface area contributed by atoms with Crippen molar-refractivity contribution in [2.75, 3.05) is 13.1 Å². The highest BCUT2D eigenvalue weighted by Gasteiger charge is 2.36. The predicted octanol–water partition coefficient (Wildman–Crippen LogP) is 3.57. The summed E-state index contributed by atoms with van der Waals surface area (Å²) in [5.41, 5.74) is 4.31. The molecule has 2 aliphatic heterocycles. The summed E-state index contributed by atoms with van der Waals surface area (Å²) in [5, 5.41) is 15.2. The van der Waals surface area contributed by atoms with Crippen molar-refractivity contribution in [1.29, 1.82) is 0 Å². The molecule has 0 spiro atoms. The summed E-state index contributed by atoms with van der Waals surface area (Å²) >= 11 is 0. The maximum Gasteiger partial charge on any atom is 0.269 e. The highest BCUT2D eigenvalue weighted by molar-refractivity contribution is 5.94. The number of carbonyl (C=O) groups is 1. The number of aromatic amines is 1. The molecule has 0 bridgehead atoms. The van der Waals surface area contributed by atoms with Crippen molar-refractivity contribution in [3.63, 3.8) is 0 Å². The number of amides is 1. The molecule has 2 aromatic carbocycles. The summed E-state index contributed by atoms with van der Waals surface area (Å²) < 4.78 is 0. The zero-order chi connectivity index (χ0) is 20.0. The van der Waals surface area contributed by atoms with Crippen molar-refractivity contribution >= 4 is 22.5 Å². The lowest BCUT2D eigenvalue weighted by molar-refractivity contribution is -0.384. The molecule has 1 saturated heterocycles. The van der Waals surface area contributed by atoms with Crippen LogP contribution in [0.2, 0.25) is 0 Å². The standard InChI is InChI=1S/C22H22N4O3/c27-22(14-5-7-16(8-6-14)26(28)29)23-15-9-11-25-12-10-18-17-3-1-2-4-19(17)24-21(18)20(25)13-15/h1-8,15,20,24H,9-13H2,(H,23,27)/t15-,20+/m1/s1. The first-order valence-electron chi connectivity index (χ1n) is 9.99. The van der Waals surface area contributed by atoms with Crippen LogP contribution in [0.5, 0.6) is 0 Å². The van der Waals surface area contributed by atoms with Gasteiger partial charge in [-0.3, -0.25) is 19.8 Å². The summed E-state index contributed by atoms with van der Waals surface area (Å²) in [5.74, 6) is -0.175. The monoisotopic (exact) mass is 390 g/mol. The van der Waals surface area contributed by atoms with Crippen molar-refractivity contribution in [2.45, 2.75) is 31.3 Å². The Balaban J connectivity index is 1.34. The topological polar surface area (TPSA) is 91.3 Å². The highest BCUT2D eigenvalue weighted by Crippen LogP contribution is 2.39. The number of fused-ring (bicyclic) bond motifs is 5. The smallest absolute Gasteiger partial charge is 0.269 e. The Labute approximate surface area is 167 Å². The van der Waals surface area contributed by atoms with E-state index in [9.17, 15) is 14.9 Å². The van der Waals surface area contributed by atoms with Gasteiger partial charge in [0.2, 0.25) is 0 Å². The van der Waals surface area contributed by atoms with Gasteiger partial charge in [-0.1, -0.05) is 18.2 Å². The Morgan fingerprint density at radius 1 is 1.14 bits per heavy atom. The number of hydrogen-bond acceptors (Lipinski definition) is 4. The first kappa shape index (κ1) is 17.9. The number of nitro benzene ring substituents is 1. The number of non-ortho nitro benzene ring substituents is 1. The Hall–Kier alpha value is -3.19. The fourth-order valence-corrected chi connectivity index (χ4v) is 4.75. The third-order valence-corrected chi connectivity index (χ3v) is 6.22. The Morgan fingerprint density at radius 2 is 1.93 bits per heavy atom. The molecule has 1 aromatic heterocycles. The maximum atomic E-state index is 12.6. The molecule has 29 heavy (non-hydrogen) atoms. The fraction of sp³-hybridized carbons (Fsp3) is 0.318. The van der Waals surface area contributed by atoms with Gasteiger partial charge in [0.1, 0.15) is 0 Å². The maximum absolute atomic E-state index is 12.6. The van der Waals surface area contributed by atoms with Crippen LogP contribution >= 0.6 is 0 Å². The Kier molecular flexibility index (Phi) is 4.32. The zero-order valence-corrected chi connectivity index (χ0v) is 15.9. The molecule has 0 radical (unpaired) electrons. The molecule has 2 N–H and O–H groups in total. The van der Waals surface area contributed by atoms with Gasteiger partial charge in [-0.25, -0.2) is 0 Å². The van der Waals surface area contributed by atoms with Crippen LogP contribution in [0.3, 0.4) is 0 Å². The Morgan fingerprint density at radius 3 is 2.72 bits per heavy atom. The summed E-state index contributed by atoms with van der Waals surface area (Å²) in [4.78, 5) is 29.1. The van der Waals surface area contributed by atoms with Gasteiger partial charge in [0.25, 0.3) is 11.6 Å². The summed E-state index contributed by atoms with van der Waals surface area (Å²) in [7, 11) is 0. The van der Waals surface area contributed by atoms with E-state index in [1.807, 2.05) is 0 Å². The van der Waals surface area contributed by atoms with Gasteiger partial charge in [-0.15, -0.1) is 0 Å². The van der Waals surface area contributed by atoms with E-state index in [1.165, 1.54) is 46.4 Å². The molecule has 1 amide bonds. The Bertz CT molecular complexity index is 1090. The molecule has 1 fully saturated rings. The van der Waals surface area contributed by atoms with Crippen LogP contribution in [0.25, 0.3) is 10.9 Å². The van der Waals surface area contributed by atoms with Crippen LogP contribution in [0.4, 0.5) is 5.69 Å². The van der Waals surface area contributed by atoms with Crippen molar-refractivity contribution < 1.29 is 9.72 Å². The third kappa shape index (κ3) is 3.17. The number of nitrogens with one attached hydrogen (secondary N) is 2. The molecular weight excluding hydrogens is 368 g/mol. The SMILES string of the molecule is O=C(N[C@@H]1CCN2CCc3c([nH]c4ccccc34)[C@@H]2C1)c1ccc([N+](=O)[O-])cc1. The van der Waals surface area contributed by atoms with Crippen molar-refractivity contribution in [1.82, 2.24) is 15.2 Å². The second kappa shape index (κ2) is 7.00. The van der Waals surface area contributed by atoms with Gasteiger partial charge in [0, 0.05) is 53.4 Å². The molecule has 5 rings (SSSR count). The minimum absolute atomic E-state index is 0.0107. The molecule has 2 atom stereocenters. The molecule has 3 aromatic rings. The quantitative estimate of drug-likeness (QED) is 0.528. The van der Waals surface area contributed by atoms with Gasteiger partial charge in [0.15, 0.2) is 0 Å². The van der Waals surface area contributed by atoms with E-state index in [0.717, 1.165) is 32.4 Å². The van der Waals surface area contributed by atoms with Crippen molar-refractivity contribution in [3.05, 3.63) is 75.5 Å². The number of nitro groups is 1. The zero-order valence-electron chi connectivity index (χ0n) is 15.9. The molecule has 7 nitrogen and oxygen atoms in total. The molecule has 0 unspecified atom stereocenters. The first-order valence-corrected chi connectivity index (χ1v) is 9.99. The van der Waals surface area contributed by atoms with E-state index in [0.29, 0.717) is 5.56 Å². The lowest BCUT2D eigenvalue weighted by atomic mass is 9.88. The number of carbonyl (C=O) groups excluding carboxylic acids is 1. The number of nitrogens with zero attached hydrogens (tertiary/aromatic N) is 2. The minimum Gasteiger partial charge on any atom is -0.357 e. The molecular formula is C22H22N4O3. The summed E-state index contributed by atoms with van der Waals surface area (Å²) in [6, 6.07) is 14.6. The summed E-state index contributed by atoms with van der Waals surface area (Å²) in [6.45, 7) is 1.99. The van der Waals surface area contributed by atoms with Crippen LogP contribution in [0, 0.1) is 10.1 Å².